The van der Waals surface area contributed by atoms with Crippen molar-refractivity contribution in [2.45, 2.75) is 24.4 Å². The molecule has 0 unspecified atom stereocenters. The minimum Gasteiger partial charge on any atom is -0.345 e. The standard InChI is InChI=1S/C28H22Cl2N4OS/c1-18-6-2-3-9-22(18)17-36-28-33-32-26(34(28)25-15-23(29)12-13-24(25)30)16-31-27(35)21-11-10-19-7-4-5-8-20(19)14-21/h2-15H,16-17H2,1H3,(H,31,35). The van der Waals surface area contributed by atoms with Crippen LogP contribution in [0.15, 0.2) is 90.1 Å². The zero-order chi connectivity index (χ0) is 25.1. The molecule has 5 aromatic rings. The molecule has 5 rings (SSSR count). The Bertz CT molecular complexity index is 1570. The van der Waals surface area contributed by atoms with Gasteiger partial charge in [0.25, 0.3) is 5.91 Å². The summed E-state index contributed by atoms with van der Waals surface area (Å²) in [6, 6.07) is 27.1. The number of hydrogen-bond acceptors (Lipinski definition) is 4. The van der Waals surface area contributed by atoms with Crippen LogP contribution in [-0.2, 0) is 12.3 Å². The van der Waals surface area contributed by atoms with Crippen molar-refractivity contribution in [3.05, 3.63) is 117 Å². The molecule has 0 aliphatic carbocycles. The number of hydrogen-bond donors (Lipinski definition) is 1. The van der Waals surface area contributed by atoms with E-state index >= 15 is 0 Å². The highest BCUT2D eigenvalue weighted by atomic mass is 35.5. The third-order valence-electron chi connectivity index (χ3n) is 5.89. The number of fused-ring (bicyclic) bond motifs is 1. The van der Waals surface area contributed by atoms with Crippen LogP contribution in [0.25, 0.3) is 16.5 Å². The first-order chi connectivity index (χ1) is 17.5. The van der Waals surface area contributed by atoms with E-state index in [0.717, 1.165) is 10.8 Å². The second-order valence-electron chi connectivity index (χ2n) is 8.29. The molecule has 36 heavy (non-hydrogen) atoms. The first-order valence-corrected chi connectivity index (χ1v) is 13.1. The molecule has 0 aliphatic rings. The SMILES string of the molecule is Cc1ccccc1CSc1nnc(CNC(=O)c2ccc3ccccc3c2)n1-c1cc(Cl)ccc1Cl. The van der Waals surface area contributed by atoms with Crippen LogP contribution in [0.1, 0.15) is 27.3 Å². The number of rotatable bonds is 7. The van der Waals surface area contributed by atoms with Crippen molar-refractivity contribution >= 4 is 51.6 Å². The van der Waals surface area contributed by atoms with Gasteiger partial charge in [-0.25, -0.2) is 0 Å². The summed E-state index contributed by atoms with van der Waals surface area (Å²) in [4.78, 5) is 13.0. The van der Waals surface area contributed by atoms with Gasteiger partial charge in [0.2, 0.25) is 0 Å². The van der Waals surface area contributed by atoms with E-state index in [9.17, 15) is 4.79 Å². The quantitative estimate of drug-likeness (QED) is 0.224. The second-order valence-corrected chi connectivity index (χ2v) is 10.1. The van der Waals surface area contributed by atoms with E-state index in [1.807, 2.05) is 59.2 Å². The fourth-order valence-corrected chi connectivity index (χ4v) is 5.32. The molecule has 1 aromatic heterocycles. The number of carbonyl (C=O) groups excluding carboxylic acids is 1. The van der Waals surface area contributed by atoms with Gasteiger partial charge in [-0.1, -0.05) is 89.6 Å². The van der Waals surface area contributed by atoms with Crippen LogP contribution in [0.2, 0.25) is 10.0 Å². The topological polar surface area (TPSA) is 59.8 Å². The molecule has 8 heteroatoms. The molecule has 0 aliphatic heterocycles. The lowest BCUT2D eigenvalue weighted by atomic mass is 10.1. The van der Waals surface area contributed by atoms with Gasteiger partial charge in [-0.05, 0) is 59.2 Å². The number of amides is 1. The highest BCUT2D eigenvalue weighted by molar-refractivity contribution is 7.98. The Morgan fingerprint density at radius 1 is 0.917 bits per heavy atom. The molecule has 0 spiro atoms. The lowest BCUT2D eigenvalue weighted by Gasteiger charge is -2.13. The van der Waals surface area contributed by atoms with Crippen molar-refractivity contribution in [2.75, 3.05) is 0 Å². The zero-order valence-corrected chi connectivity index (χ0v) is 21.7. The number of halogens is 2. The second kappa shape index (κ2) is 10.7. The molecule has 0 saturated carbocycles. The van der Waals surface area contributed by atoms with E-state index < -0.39 is 0 Å². The zero-order valence-electron chi connectivity index (χ0n) is 19.4. The van der Waals surface area contributed by atoms with E-state index in [4.69, 9.17) is 23.2 Å². The monoisotopic (exact) mass is 532 g/mol. The number of nitrogens with one attached hydrogen (secondary N) is 1. The van der Waals surface area contributed by atoms with E-state index in [1.165, 1.54) is 11.1 Å². The van der Waals surface area contributed by atoms with E-state index in [2.05, 4.69) is 34.6 Å². The van der Waals surface area contributed by atoms with Gasteiger partial charge in [-0.3, -0.25) is 9.36 Å². The fourth-order valence-electron chi connectivity index (χ4n) is 3.91. The maximum absolute atomic E-state index is 13.0. The van der Waals surface area contributed by atoms with E-state index in [1.54, 1.807) is 30.0 Å². The number of benzene rings is 4. The average Bonchev–Trinajstić information content (AvgIpc) is 3.30. The molecule has 0 atom stereocenters. The Kier molecular flexibility index (Phi) is 7.28. The third kappa shape index (κ3) is 5.26. The molecule has 4 aromatic carbocycles. The summed E-state index contributed by atoms with van der Waals surface area (Å²) in [5.41, 5.74) is 3.66. The van der Waals surface area contributed by atoms with Crippen LogP contribution < -0.4 is 5.32 Å². The van der Waals surface area contributed by atoms with Crippen molar-refractivity contribution in [3.63, 3.8) is 0 Å². The van der Waals surface area contributed by atoms with Crippen LogP contribution >= 0.6 is 35.0 Å². The third-order valence-corrected chi connectivity index (χ3v) is 7.42. The minimum absolute atomic E-state index is 0.173. The predicted octanol–water partition coefficient (Wildman–Crippen LogP) is 7.26. The maximum atomic E-state index is 13.0. The van der Waals surface area contributed by atoms with Gasteiger partial charge >= 0.3 is 0 Å². The molecule has 5 nitrogen and oxygen atoms in total. The maximum Gasteiger partial charge on any atom is 0.251 e. The molecular formula is C28H22Cl2N4OS. The Balaban J connectivity index is 1.42. The van der Waals surface area contributed by atoms with Crippen molar-refractivity contribution in [1.82, 2.24) is 20.1 Å². The number of aromatic nitrogens is 3. The Labute approximate surface area is 223 Å². The van der Waals surface area contributed by atoms with E-state index in [-0.39, 0.29) is 12.5 Å². The Morgan fingerprint density at radius 2 is 1.69 bits per heavy atom. The summed E-state index contributed by atoms with van der Waals surface area (Å²) >= 11 is 14.4. The van der Waals surface area contributed by atoms with Crippen molar-refractivity contribution < 1.29 is 4.79 Å². The molecule has 1 heterocycles. The Hall–Kier alpha value is -3.32. The van der Waals surface area contributed by atoms with Crippen LogP contribution in [0.4, 0.5) is 0 Å². The average molecular weight is 533 g/mol. The predicted molar refractivity (Wildman–Crippen MR) is 147 cm³/mol. The summed E-state index contributed by atoms with van der Waals surface area (Å²) in [7, 11) is 0. The van der Waals surface area contributed by atoms with Crippen LogP contribution in [0.3, 0.4) is 0 Å². The summed E-state index contributed by atoms with van der Waals surface area (Å²) in [5.74, 6) is 1.08. The molecule has 0 fully saturated rings. The van der Waals surface area contributed by atoms with Gasteiger partial charge in [-0.15, -0.1) is 10.2 Å². The van der Waals surface area contributed by atoms with E-state index in [0.29, 0.717) is 38.0 Å². The molecule has 0 saturated heterocycles. The number of carbonyl (C=O) groups is 1. The first-order valence-electron chi connectivity index (χ1n) is 11.3. The Morgan fingerprint density at radius 3 is 2.53 bits per heavy atom. The molecule has 180 valence electrons. The summed E-state index contributed by atoms with van der Waals surface area (Å²) in [5, 5.41) is 15.6. The van der Waals surface area contributed by atoms with Crippen LogP contribution in [0, 0.1) is 6.92 Å². The molecule has 1 N–H and O–H groups in total. The lowest BCUT2D eigenvalue weighted by molar-refractivity contribution is 0.0950. The van der Waals surface area contributed by atoms with Crippen LogP contribution in [0.5, 0.6) is 0 Å². The van der Waals surface area contributed by atoms with Gasteiger partial charge in [-0.2, -0.15) is 0 Å². The van der Waals surface area contributed by atoms with Gasteiger partial charge in [0.15, 0.2) is 11.0 Å². The normalized spacial score (nSPS) is 11.1. The van der Waals surface area contributed by atoms with Crippen molar-refractivity contribution in [3.8, 4) is 5.69 Å². The van der Waals surface area contributed by atoms with Gasteiger partial charge in [0.1, 0.15) is 0 Å². The summed E-state index contributed by atoms with van der Waals surface area (Å²) < 4.78 is 1.86. The number of nitrogens with zero attached hydrogens (tertiary/aromatic N) is 3. The first kappa shape index (κ1) is 24.4. The molecule has 0 bridgehead atoms. The lowest BCUT2D eigenvalue weighted by Crippen LogP contribution is -2.24. The van der Waals surface area contributed by atoms with Gasteiger partial charge < -0.3 is 5.32 Å². The van der Waals surface area contributed by atoms with Crippen LogP contribution in [-0.4, -0.2) is 20.7 Å². The highest BCUT2D eigenvalue weighted by Gasteiger charge is 2.19. The fraction of sp³-hybridized carbons (Fsp3) is 0.107. The van der Waals surface area contributed by atoms with Gasteiger partial charge in [0, 0.05) is 16.3 Å². The number of aryl methyl sites for hydroxylation is 1. The molecule has 0 radical (unpaired) electrons. The molecular weight excluding hydrogens is 511 g/mol. The number of thioether (sulfide) groups is 1. The van der Waals surface area contributed by atoms with Crippen molar-refractivity contribution in [2.24, 2.45) is 0 Å². The summed E-state index contributed by atoms with van der Waals surface area (Å²) in [6.07, 6.45) is 0. The van der Waals surface area contributed by atoms with Crippen molar-refractivity contribution in [1.29, 1.82) is 0 Å². The molecule has 1 amide bonds. The largest absolute Gasteiger partial charge is 0.345 e. The summed E-state index contributed by atoms with van der Waals surface area (Å²) in [6.45, 7) is 2.26. The smallest absolute Gasteiger partial charge is 0.251 e. The minimum atomic E-state index is -0.193. The van der Waals surface area contributed by atoms with Gasteiger partial charge in [0.05, 0.1) is 17.3 Å². The highest BCUT2D eigenvalue weighted by Crippen LogP contribution is 2.31.